The van der Waals surface area contributed by atoms with Crippen molar-refractivity contribution in [2.75, 3.05) is 0 Å². The average molecular weight is 344 g/mol. The average Bonchev–Trinajstić information content (AvgIpc) is 3.13. The highest BCUT2D eigenvalue weighted by Crippen LogP contribution is 2.23. The summed E-state index contributed by atoms with van der Waals surface area (Å²) in [5.74, 6) is -2.43. The van der Waals surface area contributed by atoms with E-state index >= 15 is 0 Å². The number of hydrogen-bond acceptors (Lipinski definition) is 3. The molecule has 0 fully saturated rings. The zero-order valence-electron chi connectivity index (χ0n) is 13.1. The molecule has 0 unspecified atom stereocenters. The minimum Gasteiger partial charge on any atom is -0.294 e. The zero-order valence-corrected chi connectivity index (χ0v) is 13.9. The monoisotopic (exact) mass is 344 g/mol. The largest absolute Gasteiger partial charge is 0.294 e. The van der Waals surface area contributed by atoms with Gasteiger partial charge in [-0.15, -0.1) is 11.3 Å². The van der Waals surface area contributed by atoms with Gasteiger partial charge in [-0.25, -0.2) is 13.8 Å². The third-order valence-electron chi connectivity index (χ3n) is 3.70. The maximum absolute atomic E-state index is 13.7. The molecule has 0 aliphatic heterocycles. The molecule has 3 rings (SSSR count). The van der Waals surface area contributed by atoms with Crippen molar-refractivity contribution in [3.63, 3.8) is 0 Å². The van der Waals surface area contributed by atoms with E-state index in [4.69, 9.17) is 0 Å². The van der Waals surface area contributed by atoms with Crippen molar-refractivity contribution < 1.29 is 13.6 Å². The fourth-order valence-electron chi connectivity index (χ4n) is 2.56. The van der Waals surface area contributed by atoms with Gasteiger partial charge in [-0.3, -0.25) is 9.36 Å². The number of allylic oxidation sites excluding steroid dienone is 1. The normalized spacial score (nSPS) is 11.3. The molecule has 2 heterocycles. The first-order valence-corrected chi connectivity index (χ1v) is 8.12. The Bertz CT molecular complexity index is 907. The number of thiazole rings is 1. The molecule has 0 N–H and O–H groups in total. The summed E-state index contributed by atoms with van der Waals surface area (Å²) in [5, 5.41) is 2.71. The van der Waals surface area contributed by atoms with Crippen LogP contribution in [-0.4, -0.2) is 15.3 Å². The lowest BCUT2D eigenvalue weighted by atomic mass is 10.1. The lowest BCUT2D eigenvalue weighted by molar-refractivity contribution is 0.104. The lowest BCUT2D eigenvalue weighted by Gasteiger charge is -2.04. The van der Waals surface area contributed by atoms with Gasteiger partial charge in [0.1, 0.15) is 11.6 Å². The van der Waals surface area contributed by atoms with Gasteiger partial charge in [0.05, 0.1) is 5.56 Å². The predicted molar refractivity (Wildman–Crippen MR) is 90.6 cm³/mol. The fraction of sp³-hybridized carbons (Fsp3) is 0.111. The molecule has 0 amide bonds. The number of halogens is 2. The maximum atomic E-state index is 13.7. The second kappa shape index (κ2) is 6.49. The third-order valence-corrected chi connectivity index (χ3v) is 4.46. The molecule has 0 aliphatic carbocycles. The molecule has 3 aromatic rings. The minimum atomic E-state index is -0.863. The first-order valence-electron chi connectivity index (χ1n) is 7.24. The van der Waals surface area contributed by atoms with Crippen LogP contribution in [0.15, 0.2) is 41.9 Å². The number of nitrogens with zero attached hydrogens (tertiary/aromatic N) is 2. The molecular weight excluding hydrogens is 330 g/mol. The van der Waals surface area contributed by atoms with Crippen LogP contribution in [0.5, 0.6) is 0 Å². The van der Waals surface area contributed by atoms with E-state index in [1.165, 1.54) is 23.5 Å². The van der Waals surface area contributed by atoms with Crippen LogP contribution in [0.3, 0.4) is 0 Å². The van der Waals surface area contributed by atoms with Gasteiger partial charge in [-0.2, -0.15) is 0 Å². The molecule has 0 aliphatic rings. The molecule has 122 valence electrons. The Hall–Kier alpha value is -2.60. The second-order valence-corrected chi connectivity index (χ2v) is 6.14. The topological polar surface area (TPSA) is 34.9 Å². The molecule has 3 nitrogen and oxygen atoms in total. The van der Waals surface area contributed by atoms with E-state index in [2.05, 4.69) is 4.98 Å². The van der Waals surface area contributed by atoms with E-state index in [0.29, 0.717) is 0 Å². The van der Waals surface area contributed by atoms with Crippen molar-refractivity contribution in [3.8, 4) is 5.13 Å². The Kier molecular flexibility index (Phi) is 4.40. The number of ketones is 1. The van der Waals surface area contributed by atoms with E-state index in [9.17, 15) is 13.6 Å². The lowest BCUT2D eigenvalue weighted by Crippen LogP contribution is -2.02. The van der Waals surface area contributed by atoms with E-state index in [-0.39, 0.29) is 0 Å². The summed E-state index contributed by atoms with van der Waals surface area (Å²) in [6.07, 6.45) is 4.48. The van der Waals surface area contributed by atoms with Gasteiger partial charge in [0.2, 0.25) is 0 Å². The zero-order chi connectivity index (χ0) is 17.3. The molecule has 0 saturated heterocycles. The second-order valence-electron chi connectivity index (χ2n) is 5.27. The molecule has 0 bridgehead atoms. The summed E-state index contributed by atoms with van der Waals surface area (Å²) >= 11 is 1.50. The number of carbonyl (C=O) groups is 1. The van der Waals surface area contributed by atoms with Crippen molar-refractivity contribution in [1.29, 1.82) is 0 Å². The number of aryl methyl sites for hydroxylation is 1. The Morgan fingerprint density at radius 2 is 1.96 bits per heavy atom. The highest BCUT2D eigenvalue weighted by atomic mass is 32.1. The van der Waals surface area contributed by atoms with Crippen molar-refractivity contribution in [3.05, 3.63) is 76.1 Å². The van der Waals surface area contributed by atoms with E-state index in [1.54, 1.807) is 12.3 Å². The summed E-state index contributed by atoms with van der Waals surface area (Å²) < 4.78 is 29.3. The Morgan fingerprint density at radius 1 is 1.25 bits per heavy atom. The summed E-state index contributed by atoms with van der Waals surface area (Å²) in [6.45, 7) is 3.84. The van der Waals surface area contributed by atoms with Crippen LogP contribution < -0.4 is 0 Å². The Labute approximate surface area is 141 Å². The third kappa shape index (κ3) is 2.92. The molecule has 0 radical (unpaired) electrons. The van der Waals surface area contributed by atoms with Crippen LogP contribution in [0, 0.1) is 25.5 Å². The molecular formula is C18H14F2N2OS. The number of benzene rings is 1. The van der Waals surface area contributed by atoms with Crippen LogP contribution in [0.25, 0.3) is 11.2 Å². The van der Waals surface area contributed by atoms with Gasteiger partial charge in [0, 0.05) is 23.0 Å². The summed E-state index contributed by atoms with van der Waals surface area (Å²) in [6, 6.07) is 5.27. The maximum Gasteiger partial charge on any atom is 0.193 e. The van der Waals surface area contributed by atoms with Gasteiger partial charge in [0.25, 0.3) is 0 Å². The van der Waals surface area contributed by atoms with Crippen LogP contribution >= 0.6 is 11.3 Å². The summed E-state index contributed by atoms with van der Waals surface area (Å²) in [7, 11) is 0. The molecule has 1 aromatic carbocycles. The quantitative estimate of drug-likeness (QED) is 0.507. The number of carbonyl (C=O) groups excluding carboxylic acids is 1. The molecule has 24 heavy (non-hydrogen) atoms. The number of aromatic nitrogens is 2. The van der Waals surface area contributed by atoms with Crippen LogP contribution in [0.4, 0.5) is 8.78 Å². The van der Waals surface area contributed by atoms with Crippen LogP contribution in [0.2, 0.25) is 0 Å². The SMILES string of the molecule is Cc1cc(/C=C/C(=O)c2c(F)cccc2F)c(C)n1-c1nccs1. The molecule has 0 spiro atoms. The first-order chi connectivity index (χ1) is 11.5. The van der Waals surface area contributed by atoms with E-state index in [0.717, 1.165) is 34.2 Å². The van der Waals surface area contributed by atoms with Crippen molar-refractivity contribution in [2.24, 2.45) is 0 Å². The Balaban J connectivity index is 1.93. The molecule has 0 saturated carbocycles. The van der Waals surface area contributed by atoms with Gasteiger partial charge in [-0.1, -0.05) is 6.07 Å². The number of rotatable bonds is 4. The van der Waals surface area contributed by atoms with E-state index in [1.807, 2.05) is 29.9 Å². The van der Waals surface area contributed by atoms with Gasteiger partial charge < -0.3 is 0 Å². The van der Waals surface area contributed by atoms with Crippen molar-refractivity contribution in [2.45, 2.75) is 13.8 Å². The highest BCUT2D eigenvalue weighted by Gasteiger charge is 2.15. The smallest absolute Gasteiger partial charge is 0.193 e. The standard InChI is InChI=1S/C18H14F2N2OS/c1-11-10-13(12(2)22(11)18-21-8-9-24-18)6-7-16(23)17-14(19)4-3-5-15(17)20/h3-10H,1-2H3/b7-6+. The summed E-state index contributed by atoms with van der Waals surface area (Å²) in [5.41, 5.74) is 2.13. The molecule has 2 aromatic heterocycles. The predicted octanol–water partition coefficient (Wildman–Crippen LogP) is 4.72. The summed E-state index contributed by atoms with van der Waals surface area (Å²) in [4.78, 5) is 16.4. The van der Waals surface area contributed by atoms with Crippen molar-refractivity contribution in [1.82, 2.24) is 9.55 Å². The van der Waals surface area contributed by atoms with E-state index < -0.39 is 23.0 Å². The molecule has 6 heteroatoms. The molecule has 0 atom stereocenters. The number of hydrogen-bond donors (Lipinski definition) is 0. The van der Waals surface area contributed by atoms with Gasteiger partial charge in [-0.05, 0) is 49.8 Å². The van der Waals surface area contributed by atoms with Gasteiger partial charge in [0.15, 0.2) is 10.9 Å². The first kappa shape index (κ1) is 16.3. The van der Waals surface area contributed by atoms with Crippen LogP contribution in [0.1, 0.15) is 27.3 Å². The van der Waals surface area contributed by atoms with Crippen molar-refractivity contribution >= 4 is 23.2 Å². The fourth-order valence-corrected chi connectivity index (χ4v) is 3.31. The highest BCUT2D eigenvalue weighted by molar-refractivity contribution is 7.12. The minimum absolute atomic E-state index is 0.539. The van der Waals surface area contributed by atoms with Crippen LogP contribution in [-0.2, 0) is 0 Å². The van der Waals surface area contributed by atoms with Gasteiger partial charge >= 0.3 is 0 Å². The Morgan fingerprint density at radius 3 is 2.58 bits per heavy atom.